The molecule has 6 heteroatoms. The van der Waals surface area contributed by atoms with Crippen LogP contribution in [0.1, 0.15) is 20.3 Å². The van der Waals surface area contributed by atoms with Crippen LogP contribution < -0.4 is 20.1 Å². The molecule has 0 unspecified atom stereocenters. The monoisotopic (exact) mass is 308 g/mol. The second kappa shape index (κ2) is 8.48. The summed E-state index contributed by atoms with van der Waals surface area (Å²) in [7, 11) is 0. The fourth-order valence-corrected chi connectivity index (χ4v) is 2.03. The molecule has 0 fully saturated rings. The molecule has 1 atom stereocenters. The normalized spacial score (nSPS) is 16.4. The first-order chi connectivity index (χ1) is 10.6. The fraction of sp³-hybridized carbons (Fsp3) is 0.562. The maximum absolute atomic E-state index is 11.7. The molecule has 2 amide bonds. The molecule has 1 aliphatic heterocycles. The number of para-hydroxylation sites is 2. The fourth-order valence-electron chi connectivity index (χ4n) is 2.03. The molecule has 22 heavy (non-hydrogen) atoms. The first kappa shape index (κ1) is 16.4. The van der Waals surface area contributed by atoms with Crippen LogP contribution in [0.25, 0.3) is 0 Å². The molecule has 0 saturated heterocycles. The summed E-state index contributed by atoms with van der Waals surface area (Å²) in [5, 5.41) is 5.58. The quantitative estimate of drug-likeness (QED) is 0.755. The first-order valence-corrected chi connectivity index (χ1v) is 7.67. The van der Waals surface area contributed by atoms with Crippen molar-refractivity contribution in [3.63, 3.8) is 0 Å². The number of carbonyl (C=O) groups is 1. The van der Waals surface area contributed by atoms with Crippen molar-refractivity contribution in [2.24, 2.45) is 0 Å². The van der Waals surface area contributed by atoms with Gasteiger partial charge in [-0.05, 0) is 32.4 Å². The van der Waals surface area contributed by atoms with E-state index in [1.165, 1.54) is 0 Å². The smallest absolute Gasteiger partial charge is 0.314 e. The Bertz CT molecular complexity index is 479. The van der Waals surface area contributed by atoms with E-state index in [1.54, 1.807) is 0 Å². The highest BCUT2D eigenvalue weighted by Gasteiger charge is 2.20. The molecule has 1 aromatic carbocycles. The van der Waals surface area contributed by atoms with Crippen LogP contribution in [0.3, 0.4) is 0 Å². The number of fused-ring (bicyclic) bond motifs is 1. The largest absolute Gasteiger partial charge is 0.486 e. The number of nitrogens with one attached hydrogen (secondary N) is 2. The van der Waals surface area contributed by atoms with Gasteiger partial charge in [0.15, 0.2) is 17.6 Å². The van der Waals surface area contributed by atoms with Gasteiger partial charge in [-0.2, -0.15) is 0 Å². The van der Waals surface area contributed by atoms with Crippen LogP contribution >= 0.6 is 0 Å². The lowest BCUT2D eigenvalue weighted by atomic mass is 10.2. The van der Waals surface area contributed by atoms with Crippen molar-refractivity contribution >= 4 is 6.03 Å². The molecule has 1 aliphatic rings. The Hall–Kier alpha value is -1.95. The molecule has 0 radical (unpaired) electrons. The van der Waals surface area contributed by atoms with Crippen LogP contribution in [0.4, 0.5) is 4.79 Å². The van der Waals surface area contributed by atoms with Crippen molar-refractivity contribution in [3.8, 4) is 11.5 Å². The number of ether oxygens (including phenoxy) is 3. The van der Waals surface area contributed by atoms with Crippen LogP contribution in [0, 0.1) is 0 Å². The van der Waals surface area contributed by atoms with Gasteiger partial charge in [-0.25, -0.2) is 4.79 Å². The van der Waals surface area contributed by atoms with Gasteiger partial charge >= 0.3 is 6.03 Å². The predicted molar refractivity (Wildman–Crippen MR) is 83.5 cm³/mol. The van der Waals surface area contributed by atoms with E-state index >= 15 is 0 Å². The van der Waals surface area contributed by atoms with E-state index in [0.717, 1.165) is 12.2 Å². The Labute approximate surface area is 131 Å². The topological polar surface area (TPSA) is 68.8 Å². The van der Waals surface area contributed by atoms with Gasteiger partial charge in [0.05, 0.1) is 12.6 Å². The van der Waals surface area contributed by atoms with E-state index in [1.807, 2.05) is 38.1 Å². The maximum atomic E-state index is 11.7. The van der Waals surface area contributed by atoms with Crippen molar-refractivity contribution in [1.29, 1.82) is 0 Å². The Morgan fingerprint density at radius 2 is 2.09 bits per heavy atom. The molecule has 0 saturated carbocycles. The zero-order chi connectivity index (χ0) is 15.8. The van der Waals surface area contributed by atoms with Crippen molar-refractivity contribution in [1.82, 2.24) is 10.6 Å². The van der Waals surface area contributed by atoms with Crippen molar-refractivity contribution in [3.05, 3.63) is 24.3 Å². The van der Waals surface area contributed by atoms with Gasteiger partial charge in [0.25, 0.3) is 0 Å². The Morgan fingerprint density at radius 1 is 1.32 bits per heavy atom. The lowest BCUT2D eigenvalue weighted by Crippen LogP contribution is -2.44. The van der Waals surface area contributed by atoms with E-state index in [0.29, 0.717) is 32.1 Å². The van der Waals surface area contributed by atoms with Crippen LogP contribution in [0.5, 0.6) is 11.5 Å². The summed E-state index contributed by atoms with van der Waals surface area (Å²) in [5.74, 6) is 1.46. The van der Waals surface area contributed by atoms with Gasteiger partial charge in [-0.15, -0.1) is 0 Å². The molecule has 2 N–H and O–H groups in total. The number of carbonyl (C=O) groups excluding carboxylic acids is 1. The van der Waals surface area contributed by atoms with Crippen LogP contribution in [-0.2, 0) is 4.74 Å². The highest BCUT2D eigenvalue weighted by Crippen LogP contribution is 2.30. The summed E-state index contributed by atoms with van der Waals surface area (Å²) < 4.78 is 16.8. The molecular formula is C16H24N2O4. The molecule has 0 bridgehead atoms. The molecular weight excluding hydrogens is 284 g/mol. The third-order valence-electron chi connectivity index (χ3n) is 3.12. The van der Waals surface area contributed by atoms with Crippen LogP contribution in [0.15, 0.2) is 24.3 Å². The number of amides is 2. The Balaban J connectivity index is 1.59. The average molecular weight is 308 g/mol. The SMILES string of the molecule is CC(C)OCCCNC(=O)NC[C@@H]1COc2ccccc2O1. The van der Waals surface area contributed by atoms with E-state index in [-0.39, 0.29) is 18.2 Å². The lowest BCUT2D eigenvalue weighted by molar-refractivity contribution is 0.0772. The molecule has 0 spiro atoms. The van der Waals surface area contributed by atoms with Gasteiger partial charge in [-0.3, -0.25) is 0 Å². The van der Waals surface area contributed by atoms with E-state index in [2.05, 4.69) is 10.6 Å². The predicted octanol–water partition coefficient (Wildman–Crippen LogP) is 1.94. The summed E-state index contributed by atoms with van der Waals surface area (Å²) in [6, 6.07) is 7.31. The van der Waals surface area contributed by atoms with Gasteiger partial charge < -0.3 is 24.8 Å². The number of hydrogen-bond donors (Lipinski definition) is 2. The molecule has 2 rings (SSSR count). The highest BCUT2D eigenvalue weighted by atomic mass is 16.6. The van der Waals surface area contributed by atoms with Crippen molar-refractivity contribution in [2.45, 2.75) is 32.5 Å². The molecule has 0 aromatic heterocycles. The van der Waals surface area contributed by atoms with Crippen LogP contribution in [0.2, 0.25) is 0 Å². The Morgan fingerprint density at radius 3 is 2.86 bits per heavy atom. The van der Waals surface area contributed by atoms with Crippen LogP contribution in [-0.4, -0.2) is 44.5 Å². The molecule has 1 aromatic rings. The molecule has 122 valence electrons. The minimum Gasteiger partial charge on any atom is -0.486 e. The Kier molecular flexibility index (Phi) is 6.33. The van der Waals surface area contributed by atoms with E-state index in [4.69, 9.17) is 14.2 Å². The third kappa shape index (κ3) is 5.44. The molecule has 0 aliphatic carbocycles. The van der Waals surface area contributed by atoms with Crippen molar-refractivity contribution in [2.75, 3.05) is 26.3 Å². The number of rotatable bonds is 7. The number of urea groups is 1. The van der Waals surface area contributed by atoms with E-state index in [9.17, 15) is 4.79 Å². The number of benzene rings is 1. The second-order valence-electron chi connectivity index (χ2n) is 5.41. The number of hydrogen-bond acceptors (Lipinski definition) is 4. The van der Waals surface area contributed by atoms with Gasteiger partial charge in [-0.1, -0.05) is 12.1 Å². The zero-order valence-corrected chi connectivity index (χ0v) is 13.1. The third-order valence-corrected chi connectivity index (χ3v) is 3.12. The minimum atomic E-state index is -0.202. The standard InChI is InChI=1S/C16H24N2O4/c1-12(2)20-9-5-8-17-16(19)18-10-13-11-21-14-6-3-4-7-15(14)22-13/h3-4,6-7,12-13H,5,8-11H2,1-2H3,(H2,17,18,19)/t13-/m1/s1. The van der Waals surface area contributed by atoms with Gasteiger partial charge in [0.2, 0.25) is 0 Å². The van der Waals surface area contributed by atoms with E-state index < -0.39 is 0 Å². The minimum absolute atomic E-state index is 0.176. The molecule has 6 nitrogen and oxygen atoms in total. The van der Waals surface area contributed by atoms with Gasteiger partial charge in [0.1, 0.15) is 6.61 Å². The van der Waals surface area contributed by atoms with Crippen molar-refractivity contribution < 1.29 is 19.0 Å². The summed E-state index contributed by atoms with van der Waals surface area (Å²) in [4.78, 5) is 11.7. The summed E-state index contributed by atoms with van der Waals surface area (Å²) in [6.45, 7) is 6.05. The van der Waals surface area contributed by atoms with Gasteiger partial charge in [0, 0.05) is 13.2 Å². The first-order valence-electron chi connectivity index (χ1n) is 7.67. The average Bonchev–Trinajstić information content (AvgIpc) is 2.52. The second-order valence-corrected chi connectivity index (χ2v) is 5.41. The molecule has 1 heterocycles. The summed E-state index contributed by atoms with van der Waals surface area (Å²) in [5.41, 5.74) is 0. The lowest BCUT2D eigenvalue weighted by Gasteiger charge is -2.26. The highest BCUT2D eigenvalue weighted by molar-refractivity contribution is 5.73. The maximum Gasteiger partial charge on any atom is 0.314 e. The summed E-state index contributed by atoms with van der Waals surface area (Å²) >= 11 is 0. The summed E-state index contributed by atoms with van der Waals surface area (Å²) in [6.07, 6.45) is 0.840. The zero-order valence-electron chi connectivity index (χ0n) is 13.1.